The first-order valence-electron chi connectivity index (χ1n) is 10.8. The van der Waals surface area contributed by atoms with Gasteiger partial charge in [0, 0.05) is 34.9 Å². The van der Waals surface area contributed by atoms with Gasteiger partial charge in [0.15, 0.2) is 0 Å². The molecule has 4 aromatic rings. The molecule has 0 spiro atoms. The molecule has 1 saturated heterocycles. The van der Waals surface area contributed by atoms with Crippen LogP contribution in [-0.4, -0.2) is 42.2 Å². The number of ether oxygens (including phenoxy) is 2. The smallest absolute Gasteiger partial charge is 0.265 e. The van der Waals surface area contributed by atoms with Gasteiger partial charge in [0.25, 0.3) is 11.5 Å². The number of amides is 1. The molecule has 3 heterocycles. The number of nitrogens with one attached hydrogen (secondary N) is 1. The van der Waals surface area contributed by atoms with Crippen molar-refractivity contribution in [1.29, 1.82) is 0 Å². The fourth-order valence-electron chi connectivity index (χ4n) is 4.22. The van der Waals surface area contributed by atoms with E-state index in [0.29, 0.717) is 39.9 Å². The van der Waals surface area contributed by atoms with Gasteiger partial charge in [-0.1, -0.05) is 29.8 Å². The van der Waals surface area contributed by atoms with Crippen molar-refractivity contribution in [3.63, 3.8) is 0 Å². The predicted octanol–water partition coefficient (Wildman–Crippen LogP) is 5.23. The number of methoxy groups -OCH3 is 1. The number of rotatable bonds is 6. The number of thiophene rings is 1. The Balaban J connectivity index is 1.51. The van der Waals surface area contributed by atoms with E-state index in [2.05, 4.69) is 4.98 Å². The molecule has 170 valence electrons. The molecule has 2 aromatic heterocycles. The molecule has 0 saturated carbocycles. The van der Waals surface area contributed by atoms with Crippen molar-refractivity contribution < 1.29 is 14.3 Å². The van der Waals surface area contributed by atoms with Crippen molar-refractivity contribution in [3.05, 3.63) is 74.3 Å². The number of fused-ring (bicyclic) bond motifs is 2. The van der Waals surface area contributed by atoms with Crippen LogP contribution in [0.25, 0.3) is 21.0 Å². The topological polar surface area (TPSA) is 71.6 Å². The summed E-state index contributed by atoms with van der Waals surface area (Å²) in [6.07, 6.45) is 1.80. The summed E-state index contributed by atoms with van der Waals surface area (Å²) in [7, 11) is 1.58. The monoisotopic (exact) mass is 482 g/mol. The zero-order valence-corrected chi connectivity index (χ0v) is 19.7. The van der Waals surface area contributed by atoms with Gasteiger partial charge in [-0.3, -0.25) is 9.59 Å². The molecule has 1 atom stereocenters. The molecule has 1 aliphatic rings. The van der Waals surface area contributed by atoms with Crippen molar-refractivity contribution in [3.8, 4) is 5.75 Å². The average molecular weight is 483 g/mol. The Morgan fingerprint density at radius 1 is 1.27 bits per heavy atom. The minimum atomic E-state index is -0.233. The number of H-pyrrole nitrogens is 1. The van der Waals surface area contributed by atoms with Crippen LogP contribution < -0.4 is 10.3 Å². The van der Waals surface area contributed by atoms with Gasteiger partial charge in [0.2, 0.25) is 0 Å². The molecule has 1 amide bonds. The number of aromatic amines is 1. The third kappa shape index (κ3) is 4.36. The summed E-state index contributed by atoms with van der Waals surface area (Å²) in [5.41, 5.74) is 0.965. The zero-order chi connectivity index (χ0) is 22.9. The van der Waals surface area contributed by atoms with Gasteiger partial charge in [0.1, 0.15) is 10.6 Å². The first-order valence-corrected chi connectivity index (χ1v) is 12.0. The van der Waals surface area contributed by atoms with Crippen LogP contribution in [0.2, 0.25) is 5.02 Å². The second kappa shape index (κ2) is 9.17. The summed E-state index contributed by atoms with van der Waals surface area (Å²) in [5.74, 6) is 0.478. The number of benzene rings is 2. The average Bonchev–Trinajstić information content (AvgIpc) is 3.46. The molecule has 1 N–H and O–H groups in total. The summed E-state index contributed by atoms with van der Waals surface area (Å²) in [4.78, 5) is 31.6. The molecule has 8 heteroatoms. The van der Waals surface area contributed by atoms with E-state index < -0.39 is 0 Å². The molecule has 5 rings (SSSR count). The second-order valence-corrected chi connectivity index (χ2v) is 9.57. The van der Waals surface area contributed by atoms with Gasteiger partial charge in [-0.2, -0.15) is 0 Å². The highest BCUT2D eigenvalue weighted by molar-refractivity contribution is 7.21. The molecule has 2 aromatic carbocycles. The largest absolute Gasteiger partial charge is 0.497 e. The number of carbonyl (C=O) groups excluding carboxylic acids is 1. The SMILES string of the molecule is COc1ccc2cc(CN(C[C@@H]3CCCO3)C(=O)c3sc4ccccc4c3Cl)c(=O)[nH]c2c1. The Kier molecular flexibility index (Phi) is 6.10. The number of carbonyl (C=O) groups is 1. The van der Waals surface area contributed by atoms with Gasteiger partial charge in [-0.25, -0.2) is 0 Å². The van der Waals surface area contributed by atoms with Crippen molar-refractivity contribution in [2.45, 2.75) is 25.5 Å². The summed E-state index contributed by atoms with van der Waals surface area (Å²) in [6, 6.07) is 15.1. The third-order valence-electron chi connectivity index (χ3n) is 5.96. The Labute approximate surface area is 199 Å². The number of nitrogens with zero attached hydrogens (tertiary/aromatic N) is 1. The standard InChI is InChI=1S/C25H23ClN2O4S/c1-31-17-9-8-15-11-16(24(29)27-20(15)12-17)13-28(14-18-5-4-10-32-18)25(30)23-22(26)19-6-2-3-7-21(19)33-23/h2-3,6-9,11-12,18H,4-5,10,13-14H2,1H3,(H,27,29)/t18-/m0/s1. The molecule has 6 nitrogen and oxygen atoms in total. The molecule has 0 unspecified atom stereocenters. The summed E-state index contributed by atoms with van der Waals surface area (Å²) in [6.45, 7) is 1.26. The van der Waals surface area contributed by atoms with E-state index in [9.17, 15) is 9.59 Å². The van der Waals surface area contributed by atoms with Crippen LogP contribution in [0.1, 0.15) is 28.1 Å². The normalized spacial score (nSPS) is 15.9. The van der Waals surface area contributed by atoms with Crippen molar-refractivity contribution in [2.24, 2.45) is 0 Å². The van der Waals surface area contributed by atoms with Gasteiger partial charge in [0.05, 0.1) is 30.3 Å². The van der Waals surface area contributed by atoms with Crippen molar-refractivity contribution >= 4 is 49.8 Å². The number of hydrogen-bond donors (Lipinski definition) is 1. The summed E-state index contributed by atoms with van der Waals surface area (Å²) >= 11 is 7.98. The van der Waals surface area contributed by atoms with E-state index in [1.807, 2.05) is 42.5 Å². The van der Waals surface area contributed by atoms with E-state index in [1.54, 1.807) is 18.1 Å². The Morgan fingerprint density at radius 2 is 2.12 bits per heavy atom. The van der Waals surface area contributed by atoms with Crippen LogP contribution in [0, 0.1) is 0 Å². The Morgan fingerprint density at radius 3 is 2.88 bits per heavy atom. The summed E-state index contributed by atoms with van der Waals surface area (Å²) < 4.78 is 12.0. The highest BCUT2D eigenvalue weighted by atomic mass is 35.5. The molecule has 1 aliphatic heterocycles. The number of aromatic nitrogens is 1. The lowest BCUT2D eigenvalue weighted by Gasteiger charge is -2.25. The van der Waals surface area contributed by atoms with Crippen LogP contribution in [-0.2, 0) is 11.3 Å². The minimum absolute atomic E-state index is 0.0501. The fraction of sp³-hybridized carbons (Fsp3) is 0.280. The first kappa shape index (κ1) is 21.9. The molecule has 0 aliphatic carbocycles. The van der Waals surface area contributed by atoms with Crippen molar-refractivity contribution in [2.75, 3.05) is 20.3 Å². The van der Waals surface area contributed by atoms with E-state index in [4.69, 9.17) is 21.1 Å². The molecule has 1 fully saturated rings. The molecular weight excluding hydrogens is 460 g/mol. The Hall–Kier alpha value is -2.87. The van der Waals surface area contributed by atoms with Gasteiger partial charge in [-0.15, -0.1) is 11.3 Å². The number of hydrogen-bond acceptors (Lipinski definition) is 5. The quantitative estimate of drug-likeness (QED) is 0.408. The summed E-state index contributed by atoms with van der Waals surface area (Å²) in [5, 5.41) is 2.19. The molecule has 0 bridgehead atoms. The Bertz CT molecular complexity index is 1390. The van der Waals surface area contributed by atoms with Crippen LogP contribution >= 0.6 is 22.9 Å². The van der Waals surface area contributed by atoms with Crippen LogP contribution in [0.4, 0.5) is 0 Å². The van der Waals surface area contributed by atoms with E-state index in [0.717, 1.165) is 28.3 Å². The first-order chi connectivity index (χ1) is 16.0. The lowest BCUT2D eigenvalue weighted by Crippen LogP contribution is -2.38. The zero-order valence-electron chi connectivity index (χ0n) is 18.1. The van der Waals surface area contributed by atoms with Crippen molar-refractivity contribution in [1.82, 2.24) is 9.88 Å². The van der Waals surface area contributed by atoms with Gasteiger partial charge >= 0.3 is 0 Å². The number of halogens is 1. The lowest BCUT2D eigenvalue weighted by atomic mass is 10.1. The minimum Gasteiger partial charge on any atom is -0.497 e. The van der Waals surface area contributed by atoms with E-state index in [-0.39, 0.29) is 24.1 Å². The highest BCUT2D eigenvalue weighted by Gasteiger charge is 2.27. The highest BCUT2D eigenvalue weighted by Crippen LogP contribution is 2.36. The van der Waals surface area contributed by atoms with Crippen LogP contribution in [0.15, 0.2) is 53.3 Å². The maximum absolute atomic E-state index is 13.7. The maximum Gasteiger partial charge on any atom is 0.265 e. The maximum atomic E-state index is 13.7. The van der Waals surface area contributed by atoms with E-state index >= 15 is 0 Å². The third-order valence-corrected chi connectivity index (χ3v) is 7.62. The van der Waals surface area contributed by atoms with Gasteiger partial charge < -0.3 is 19.4 Å². The van der Waals surface area contributed by atoms with E-state index in [1.165, 1.54) is 11.3 Å². The number of pyridine rings is 1. The molecule has 33 heavy (non-hydrogen) atoms. The van der Waals surface area contributed by atoms with Crippen LogP contribution in [0.5, 0.6) is 5.75 Å². The molecular formula is C25H23ClN2O4S. The van der Waals surface area contributed by atoms with Gasteiger partial charge in [-0.05, 0) is 42.5 Å². The van der Waals surface area contributed by atoms with Crippen LogP contribution in [0.3, 0.4) is 0 Å². The predicted molar refractivity (Wildman–Crippen MR) is 132 cm³/mol. The second-order valence-electron chi connectivity index (χ2n) is 8.14. The molecule has 0 radical (unpaired) electrons. The lowest BCUT2D eigenvalue weighted by molar-refractivity contribution is 0.0510. The fourth-order valence-corrected chi connectivity index (χ4v) is 5.70.